The van der Waals surface area contributed by atoms with E-state index in [9.17, 15) is 12.9 Å². The summed E-state index contributed by atoms with van der Waals surface area (Å²) in [6, 6.07) is 11.2. The lowest BCUT2D eigenvalue weighted by Gasteiger charge is -1.80. The molecule has 1 aromatic carbocycles. The van der Waals surface area contributed by atoms with Crippen molar-refractivity contribution in [3.8, 4) is 6.07 Å². The predicted octanol–water partition coefficient (Wildman–Crippen LogP) is 2.44. The second kappa shape index (κ2) is 6.29. The Morgan fingerprint density at radius 1 is 1.08 bits per heavy atom. The van der Waals surface area contributed by atoms with Crippen molar-refractivity contribution >= 4 is 7.54 Å². The number of hydrogen-bond donors (Lipinski definition) is 0. The Labute approximate surface area is 68.7 Å². The van der Waals surface area contributed by atoms with E-state index in [1.807, 2.05) is 24.3 Å². The van der Waals surface area contributed by atoms with Crippen LogP contribution in [0.15, 0.2) is 30.3 Å². The molecule has 0 fully saturated rings. The summed E-state index contributed by atoms with van der Waals surface area (Å²) in [7, 11) is -3.67. The van der Waals surface area contributed by atoms with Gasteiger partial charge in [0.15, 0.2) is 0 Å². The van der Waals surface area contributed by atoms with E-state index >= 15 is 0 Å². The number of halogens is 3. The van der Waals surface area contributed by atoms with Gasteiger partial charge in [0.05, 0.1) is 11.6 Å². The van der Waals surface area contributed by atoms with Crippen LogP contribution >= 0.6 is 0 Å². The van der Waals surface area contributed by atoms with Gasteiger partial charge in [-0.15, -0.1) is 0 Å². The summed E-state index contributed by atoms with van der Waals surface area (Å²) in [5, 5.41) is 8.29. The van der Waals surface area contributed by atoms with Crippen molar-refractivity contribution in [2.75, 3.05) is 0 Å². The van der Waals surface area contributed by atoms with Crippen LogP contribution in [-0.4, -0.2) is 7.54 Å². The standard InChI is InChI=1S/C7H5N.BF3/c8-6-7-4-2-1-3-5-7;2-1(3)4/h1-5H;. The van der Waals surface area contributed by atoms with Gasteiger partial charge in [-0.2, -0.15) is 5.26 Å². The van der Waals surface area contributed by atoms with Crippen LogP contribution in [-0.2, 0) is 0 Å². The van der Waals surface area contributed by atoms with Crippen LogP contribution in [0.4, 0.5) is 12.9 Å². The van der Waals surface area contributed by atoms with Crippen molar-refractivity contribution in [2.24, 2.45) is 0 Å². The van der Waals surface area contributed by atoms with Gasteiger partial charge >= 0.3 is 7.54 Å². The number of nitrogens with zero attached hydrogens (tertiary/aromatic N) is 1. The molecule has 0 amide bonds. The van der Waals surface area contributed by atoms with Crippen molar-refractivity contribution in [3.63, 3.8) is 0 Å². The van der Waals surface area contributed by atoms with Crippen LogP contribution in [0.25, 0.3) is 0 Å². The number of rotatable bonds is 0. The summed E-state index contributed by atoms with van der Waals surface area (Å²) in [6.07, 6.45) is 0. The summed E-state index contributed by atoms with van der Waals surface area (Å²) in [6.45, 7) is 0. The Morgan fingerprint density at radius 2 is 1.50 bits per heavy atom. The van der Waals surface area contributed by atoms with Crippen LogP contribution in [0.5, 0.6) is 0 Å². The summed E-state index contributed by atoms with van der Waals surface area (Å²) < 4.78 is 29.0. The molecule has 0 N–H and O–H groups in total. The fourth-order valence-corrected chi connectivity index (χ4v) is 0.513. The SMILES string of the molecule is FB(F)F.N#Cc1ccccc1. The van der Waals surface area contributed by atoms with Crippen LogP contribution in [0.3, 0.4) is 0 Å². The summed E-state index contributed by atoms with van der Waals surface area (Å²) in [5.41, 5.74) is 0.715. The third-order valence-electron chi connectivity index (χ3n) is 0.903. The number of nitriles is 1. The van der Waals surface area contributed by atoms with Gasteiger partial charge in [0.25, 0.3) is 0 Å². The molecule has 1 rings (SSSR count). The molecule has 0 heterocycles. The molecule has 0 saturated carbocycles. The fourth-order valence-electron chi connectivity index (χ4n) is 0.513. The van der Waals surface area contributed by atoms with Crippen LogP contribution in [0.1, 0.15) is 5.56 Å². The first-order valence-electron chi connectivity index (χ1n) is 3.04. The van der Waals surface area contributed by atoms with E-state index in [-0.39, 0.29) is 0 Å². The topological polar surface area (TPSA) is 23.8 Å². The highest BCUT2D eigenvalue weighted by Gasteiger charge is 2.06. The molecule has 0 aliphatic heterocycles. The van der Waals surface area contributed by atoms with Crippen molar-refractivity contribution in [1.29, 1.82) is 5.26 Å². The Bertz CT molecular complexity index is 242. The molecule has 5 heteroatoms. The molecule has 0 aliphatic carbocycles. The molecule has 12 heavy (non-hydrogen) atoms. The molecular formula is C7H5BF3N. The lowest BCUT2D eigenvalue weighted by Crippen LogP contribution is -1.76. The first-order valence-corrected chi connectivity index (χ1v) is 3.04. The molecule has 62 valence electrons. The van der Waals surface area contributed by atoms with Gasteiger partial charge in [0.1, 0.15) is 0 Å². The van der Waals surface area contributed by atoms with Gasteiger partial charge in [0, 0.05) is 0 Å². The molecule has 0 bridgehead atoms. The predicted molar refractivity (Wildman–Crippen MR) is 40.2 cm³/mol. The third-order valence-corrected chi connectivity index (χ3v) is 0.903. The molecule has 0 unspecified atom stereocenters. The minimum Gasteiger partial charge on any atom is -0.254 e. The zero-order valence-corrected chi connectivity index (χ0v) is 6.05. The maximum atomic E-state index is 9.67. The molecule has 0 aromatic heterocycles. The maximum absolute atomic E-state index is 9.67. The summed E-state index contributed by atoms with van der Waals surface area (Å²) in [5.74, 6) is 0. The average molecular weight is 171 g/mol. The zero-order valence-electron chi connectivity index (χ0n) is 6.05. The molecule has 0 atom stereocenters. The van der Waals surface area contributed by atoms with E-state index in [2.05, 4.69) is 0 Å². The largest absolute Gasteiger partial charge is 0.762 e. The highest BCUT2D eigenvalue weighted by Crippen LogP contribution is 1.93. The highest BCUT2D eigenvalue weighted by molar-refractivity contribution is 6.33. The van der Waals surface area contributed by atoms with Gasteiger partial charge < -0.3 is 0 Å². The number of benzene rings is 1. The van der Waals surface area contributed by atoms with E-state index in [1.165, 1.54) is 0 Å². The maximum Gasteiger partial charge on any atom is 0.762 e. The Kier molecular flexibility index (Phi) is 5.53. The van der Waals surface area contributed by atoms with Gasteiger partial charge in [-0.1, -0.05) is 18.2 Å². The highest BCUT2D eigenvalue weighted by atomic mass is 19.4. The zero-order chi connectivity index (χ0) is 9.40. The minimum atomic E-state index is -3.67. The van der Waals surface area contributed by atoms with Crippen LogP contribution < -0.4 is 0 Å². The molecule has 0 saturated heterocycles. The first kappa shape index (κ1) is 10.6. The van der Waals surface area contributed by atoms with E-state index in [1.54, 1.807) is 12.1 Å². The van der Waals surface area contributed by atoms with E-state index < -0.39 is 7.54 Å². The molecule has 0 aliphatic rings. The van der Waals surface area contributed by atoms with Gasteiger partial charge in [-0.3, -0.25) is 12.9 Å². The second-order valence-corrected chi connectivity index (χ2v) is 1.73. The normalized spacial score (nSPS) is 7.50. The van der Waals surface area contributed by atoms with E-state index in [4.69, 9.17) is 5.26 Å². The molecule has 0 spiro atoms. The van der Waals surface area contributed by atoms with Crippen molar-refractivity contribution in [1.82, 2.24) is 0 Å². The lowest BCUT2D eigenvalue weighted by molar-refractivity contribution is 0.535. The minimum absolute atomic E-state index is 0.715. The quantitative estimate of drug-likeness (QED) is 0.549. The molecule has 1 nitrogen and oxygen atoms in total. The first-order chi connectivity index (χ1) is 5.66. The number of hydrogen-bond acceptors (Lipinski definition) is 1. The average Bonchev–Trinajstić information content (AvgIpc) is 2.05. The lowest BCUT2D eigenvalue weighted by atomic mass is 10.2. The van der Waals surface area contributed by atoms with E-state index in [0.717, 1.165) is 0 Å². The Balaban J connectivity index is 0.000000261. The van der Waals surface area contributed by atoms with Crippen molar-refractivity contribution in [3.05, 3.63) is 35.9 Å². The molecule has 1 aromatic rings. The second-order valence-electron chi connectivity index (χ2n) is 1.73. The molecule has 0 radical (unpaired) electrons. The van der Waals surface area contributed by atoms with Gasteiger partial charge in [0.2, 0.25) is 0 Å². The smallest absolute Gasteiger partial charge is 0.254 e. The Morgan fingerprint density at radius 3 is 1.75 bits per heavy atom. The van der Waals surface area contributed by atoms with Gasteiger partial charge in [-0.25, -0.2) is 0 Å². The van der Waals surface area contributed by atoms with E-state index in [0.29, 0.717) is 5.56 Å². The van der Waals surface area contributed by atoms with Crippen molar-refractivity contribution in [2.45, 2.75) is 0 Å². The van der Waals surface area contributed by atoms with Gasteiger partial charge in [-0.05, 0) is 12.1 Å². The summed E-state index contributed by atoms with van der Waals surface area (Å²) in [4.78, 5) is 0. The van der Waals surface area contributed by atoms with Crippen molar-refractivity contribution < 1.29 is 12.9 Å². The fraction of sp³-hybridized carbons (Fsp3) is 0. The molecular weight excluding hydrogens is 166 g/mol. The summed E-state index contributed by atoms with van der Waals surface area (Å²) >= 11 is 0. The monoisotopic (exact) mass is 171 g/mol. The Hall–Kier alpha value is -1.44. The van der Waals surface area contributed by atoms with Crippen LogP contribution in [0.2, 0.25) is 0 Å². The third kappa shape index (κ3) is 6.68. The van der Waals surface area contributed by atoms with Crippen LogP contribution in [0, 0.1) is 11.3 Å².